The van der Waals surface area contributed by atoms with Gasteiger partial charge < -0.3 is 14.8 Å². The Morgan fingerprint density at radius 2 is 1.86 bits per heavy atom. The minimum atomic E-state index is -3.51. The number of para-hydroxylation sites is 1. The van der Waals surface area contributed by atoms with Gasteiger partial charge in [0, 0.05) is 19.0 Å². The molecule has 1 N–H and O–H groups in total. The molecule has 0 heterocycles. The lowest BCUT2D eigenvalue weighted by Crippen LogP contribution is -2.33. The predicted molar refractivity (Wildman–Crippen MR) is 114 cm³/mol. The van der Waals surface area contributed by atoms with Gasteiger partial charge in [0.2, 0.25) is 15.9 Å². The van der Waals surface area contributed by atoms with Crippen LogP contribution >= 0.6 is 11.6 Å². The van der Waals surface area contributed by atoms with Crippen molar-refractivity contribution in [2.24, 2.45) is 0 Å². The van der Waals surface area contributed by atoms with Gasteiger partial charge in [-0.1, -0.05) is 29.8 Å². The van der Waals surface area contributed by atoms with Crippen LogP contribution in [0.2, 0.25) is 5.02 Å². The van der Waals surface area contributed by atoms with E-state index in [2.05, 4.69) is 5.32 Å². The maximum Gasteiger partial charge on any atom is 0.232 e. The fourth-order valence-corrected chi connectivity index (χ4v) is 3.91. The summed E-state index contributed by atoms with van der Waals surface area (Å²) in [5.74, 6) is 1.18. The highest BCUT2D eigenvalue weighted by Crippen LogP contribution is 2.27. The van der Waals surface area contributed by atoms with E-state index in [1.807, 2.05) is 12.1 Å². The van der Waals surface area contributed by atoms with E-state index in [1.165, 1.54) is 4.31 Å². The maximum absolute atomic E-state index is 12.1. The van der Waals surface area contributed by atoms with Crippen molar-refractivity contribution >= 4 is 33.2 Å². The van der Waals surface area contributed by atoms with Gasteiger partial charge in [0.15, 0.2) is 0 Å². The number of hydrogen-bond donors (Lipinski definition) is 1. The van der Waals surface area contributed by atoms with E-state index in [0.717, 1.165) is 6.26 Å². The van der Waals surface area contributed by atoms with E-state index >= 15 is 0 Å². The number of amides is 1. The number of nitrogens with zero attached hydrogens (tertiary/aromatic N) is 1. The highest BCUT2D eigenvalue weighted by molar-refractivity contribution is 7.92. The second-order valence-corrected chi connectivity index (χ2v) is 8.58. The molecule has 0 saturated carbocycles. The number of sulfonamides is 1. The number of nitrogens with one attached hydrogen (secondary N) is 1. The third-order valence-corrected chi connectivity index (χ3v) is 5.52. The zero-order valence-electron chi connectivity index (χ0n) is 16.4. The standard InChI is InChI=1S/C20H25ClN2O5S/c1-27-16-7-5-8-17(15-16)28-14-12-22-20(24)11-6-13-23(29(2,25)26)19-10-4-3-9-18(19)21/h3-5,7-10,15H,6,11-14H2,1-2H3,(H,22,24). The molecule has 1 amide bonds. The summed E-state index contributed by atoms with van der Waals surface area (Å²) in [5, 5.41) is 3.10. The molecule has 9 heteroatoms. The fourth-order valence-electron chi connectivity index (χ4n) is 2.64. The average Bonchev–Trinajstić information content (AvgIpc) is 2.69. The summed E-state index contributed by atoms with van der Waals surface area (Å²) in [5.41, 5.74) is 0.406. The normalized spacial score (nSPS) is 11.0. The predicted octanol–water partition coefficient (Wildman–Crippen LogP) is 3.09. The van der Waals surface area contributed by atoms with Gasteiger partial charge in [-0.2, -0.15) is 0 Å². The zero-order valence-corrected chi connectivity index (χ0v) is 18.0. The lowest BCUT2D eigenvalue weighted by atomic mass is 10.2. The average molecular weight is 441 g/mol. The number of carbonyl (C=O) groups excluding carboxylic acids is 1. The van der Waals surface area contributed by atoms with Crippen LogP contribution in [0.1, 0.15) is 12.8 Å². The van der Waals surface area contributed by atoms with Gasteiger partial charge in [-0.05, 0) is 30.7 Å². The Bertz CT molecular complexity index is 921. The first-order valence-electron chi connectivity index (χ1n) is 9.07. The summed E-state index contributed by atoms with van der Waals surface area (Å²) < 4.78 is 36.1. The van der Waals surface area contributed by atoms with Crippen molar-refractivity contribution in [1.82, 2.24) is 5.32 Å². The van der Waals surface area contributed by atoms with Crippen molar-refractivity contribution < 1.29 is 22.7 Å². The van der Waals surface area contributed by atoms with Gasteiger partial charge in [-0.25, -0.2) is 8.42 Å². The molecule has 0 aromatic heterocycles. The molecule has 0 aliphatic rings. The van der Waals surface area contributed by atoms with E-state index in [0.29, 0.717) is 41.8 Å². The van der Waals surface area contributed by atoms with Crippen LogP contribution in [0.3, 0.4) is 0 Å². The molecule has 0 saturated heterocycles. The Kier molecular flexibility index (Phi) is 8.60. The number of carbonyl (C=O) groups is 1. The molecule has 0 aliphatic heterocycles. The smallest absolute Gasteiger partial charge is 0.232 e. The largest absolute Gasteiger partial charge is 0.497 e. The Morgan fingerprint density at radius 3 is 2.55 bits per heavy atom. The van der Waals surface area contributed by atoms with E-state index < -0.39 is 10.0 Å². The van der Waals surface area contributed by atoms with Gasteiger partial charge >= 0.3 is 0 Å². The molecule has 0 radical (unpaired) electrons. The van der Waals surface area contributed by atoms with Crippen LogP contribution in [0.15, 0.2) is 48.5 Å². The fraction of sp³-hybridized carbons (Fsp3) is 0.350. The first-order chi connectivity index (χ1) is 13.8. The quantitative estimate of drug-likeness (QED) is 0.543. The molecule has 2 rings (SSSR count). The minimum Gasteiger partial charge on any atom is -0.497 e. The van der Waals surface area contributed by atoms with Crippen molar-refractivity contribution in [3.63, 3.8) is 0 Å². The molecule has 0 unspecified atom stereocenters. The number of rotatable bonds is 11. The minimum absolute atomic E-state index is 0.163. The van der Waals surface area contributed by atoms with Gasteiger partial charge in [0.05, 0.1) is 30.6 Å². The Hall–Kier alpha value is -2.45. The molecule has 0 atom stereocenters. The van der Waals surface area contributed by atoms with Crippen molar-refractivity contribution in [3.8, 4) is 11.5 Å². The van der Waals surface area contributed by atoms with Crippen LogP contribution in [0, 0.1) is 0 Å². The Morgan fingerprint density at radius 1 is 1.14 bits per heavy atom. The third kappa shape index (κ3) is 7.47. The first kappa shape index (κ1) is 22.8. The molecule has 0 aliphatic carbocycles. The van der Waals surface area contributed by atoms with Gasteiger partial charge in [0.25, 0.3) is 0 Å². The second kappa shape index (κ2) is 10.9. The molecular weight excluding hydrogens is 416 g/mol. The number of anilines is 1. The first-order valence-corrected chi connectivity index (χ1v) is 11.3. The topological polar surface area (TPSA) is 84.9 Å². The number of methoxy groups -OCH3 is 1. The monoisotopic (exact) mass is 440 g/mol. The van der Waals surface area contributed by atoms with E-state index in [9.17, 15) is 13.2 Å². The molecule has 0 spiro atoms. The second-order valence-electron chi connectivity index (χ2n) is 6.27. The van der Waals surface area contributed by atoms with Crippen molar-refractivity contribution in [3.05, 3.63) is 53.6 Å². The van der Waals surface area contributed by atoms with E-state index in [1.54, 1.807) is 43.5 Å². The summed E-state index contributed by atoms with van der Waals surface area (Å²) in [6.45, 7) is 0.820. The molecule has 29 heavy (non-hydrogen) atoms. The Labute approximate surface area is 176 Å². The van der Waals surface area contributed by atoms with E-state index in [-0.39, 0.29) is 18.9 Å². The number of benzene rings is 2. The van der Waals surface area contributed by atoms with E-state index in [4.69, 9.17) is 21.1 Å². The molecule has 2 aromatic carbocycles. The van der Waals surface area contributed by atoms with Crippen LogP contribution in [0.5, 0.6) is 11.5 Å². The number of hydrogen-bond acceptors (Lipinski definition) is 5. The molecule has 2 aromatic rings. The number of halogens is 1. The highest BCUT2D eigenvalue weighted by Gasteiger charge is 2.19. The van der Waals surface area contributed by atoms with Gasteiger partial charge in [-0.3, -0.25) is 9.10 Å². The van der Waals surface area contributed by atoms with Crippen LogP contribution < -0.4 is 19.1 Å². The molecule has 0 bridgehead atoms. The van der Waals surface area contributed by atoms with Crippen LogP contribution in [-0.4, -0.2) is 47.4 Å². The molecule has 0 fully saturated rings. The summed E-state index contributed by atoms with van der Waals surface area (Å²) in [6.07, 6.45) is 1.67. The van der Waals surface area contributed by atoms with Crippen LogP contribution in [-0.2, 0) is 14.8 Å². The summed E-state index contributed by atoms with van der Waals surface area (Å²) in [6, 6.07) is 13.9. The Balaban J connectivity index is 1.75. The van der Waals surface area contributed by atoms with Gasteiger partial charge in [-0.15, -0.1) is 0 Å². The SMILES string of the molecule is COc1cccc(OCCNC(=O)CCCN(c2ccccc2Cl)S(C)(=O)=O)c1. The zero-order chi connectivity index (χ0) is 21.3. The summed E-state index contributed by atoms with van der Waals surface area (Å²) in [4.78, 5) is 12.0. The van der Waals surface area contributed by atoms with Crippen molar-refractivity contribution in [2.75, 3.05) is 37.4 Å². The lowest BCUT2D eigenvalue weighted by molar-refractivity contribution is -0.121. The van der Waals surface area contributed by atoms with Crippen LogP contribution in [0.4, 0.5) is 5.69 Å². The molecule has 7 nitrogen and oxygen atoms in total. The van der Waals surface area contributed by atoms with Crippen molar-refractivity contribution in [2.45, 2.75) is 12.8 Å². The third-order valence-electron chi connectivity index (χ3n) is 4.02. The van der Waals surface area contributed by atoms with Crippen LogP contribution in [0.25, 0.3) is 0 Å². The number of ether oxygens (including phenoxy) is 2. The lowest BCUT2D eigenvalue weighted by Gasteiger charge is -2.23. The maximum atomic E-state index is 12.1. The summed E-state index contributed by atoms with van der Waals surface area (Å²) in [7, 11) is -1.93. The summed E-state index contributed by atoms with van der Waals surface area (Å²) >= 11 is 6.11. The molecular formula is C20H25ClN2O5S. The highest BCUT2D eigenvalue weighted by atomic mass is 35.5. The van der Waals surface area contributed by atoms with Crippen molar-refractivity contribution in [1.29, 1.82) is 0 Å². The van der Waals surface area contributed by atoms with Gasteiger partial charge in [0.1, 0.15) is 18.1 Å². The molecule has 158 valence electrons.